The van der Waals surface area contributed by atoms with Gasteiger partial charge in [-0.2, -0.15) is 0 Å². The molecule has 0 fully saturated rings. The first-order valence-corrected chi connectivity index (χ1v) is 7.57. The zero-order valence-electron chi connectivity index (χ0n) is 12.8. The molecule has 0 saturated carbocycles. The van der Waals surface area contributed by atoms with Gasteiger partial charge >= 0.3 is 0 Å². The van der Waals surface area contributed by atoms with Gasteiger partial charge < -0.3 is 15.0 Å². The van der Waals surface area contributed by atoms with Crippen LogP contribution in [0.5, 0.6) is 5.75 Å². The average Bonchev–Trinajstić information content (AvgIpc) is 2.55. The molecule has 2 rings (SSSR count). The minimum Gasteiger partial charge on any atom is -0.492 e. The molecule has 0 aliphatic heterocycles. The molecule has 2 aromatic rings. The molecule has 23 heavy (non-hydrogen) atoms. The van der Waals surface area contributed by atoms with E-state index < -0.39 is 0 Å². The summed E-state index contributed by atoms with van der Waals surface area (Å²) in [5.74, 6) is 0.0667. The van der Waals surface area contributed by atoms with E-state index in [-0.39, 0.29) is 11.6 Å². The smallest absolute Gasteiger partial charge is 0.169 e. The van der Waals surface area contributed by atoms with Gasteiger partial charge in [-0.1, -0.05) is 12.1 Å². The van der Waals surface area contributed by atoms with Crippen LogP contribution >= 0.6 is 12.2 Å². The fourth-order valence-electron chi connectivity index (χ4n) is 1.85. The van der Waals surface area contributed by atoms with Crippen LogP contribution in [0.25, 0.3) is 0 Å². The maximum atomic E-state index is 12.8. The molecule has 0 aliphatic carbocycles. The maximum Gasteiger partial charge on any atom is 0.169 e. The quantitative estimate of drug-likeness (QED) is 0.818. The lowest BCUT2D eigenvalue weighted by Crippen LogP contribution is -2.38. The number of benzene rings is 2. The van der Waals surface area contributed by atoms with E-state index >= 15 is 0 Å². The number of thiocarbonyl (C=S) groups is 1. The van der Waals surface area contributed by atoms with Crippen LogP contribution in [0.3, 0.4) is 0 Å². The normalized spacial score (nSPS) is 10.2. The van der Waals surface area contributed by atoms with Crippen LogP contribution in [-0.2, 0) is 6.54 Å². The second kappa shape index (κ2) is 8.43. The Bertz CT molecular complexity index is 632. The van der Waals surface area contributed by atoms with E-state index in [1.165, 1.54) is 24.3 Å². The van der Waals surface area contributed by atoms with Crippen LogP contribution in [0.15, 0.2) is 48.5 Å². The zero-order chi connectivity index (χ0) is 16.7. The first kappa shape index (κ1) is 17.1. The van der Waals surface area contributed by atoms with Crippen molar-refractivity contribution >= 4 is 17.3 Å². The predicted molar refractivity (Wildman–Crippen MR) is 90.4 cm³/mol. The third-order valence-corrected chi connectivity index (χ3v) is 3.67. The number of hydrogen-bond acceptors (Lipinski definition) is 2. The SMILES string of the molecule is CN(CCOc1ccc(F)cc1)C(=S)NCc1ccc(F)cc1. The van der Waals surface area contributed by atoms with Crippen molar-refractivity contribution in [2.24, 2.45) is 0 Å². The van der Waals surface area contributed by atoms with Gasteiger partial charge in [-0.3, -0.25) is 0 Å². The Hall–Kier alpha value is -2.21. The molecule has 0 spiro atoms. The molecule has 2 aromatic carbocycles. The summed E-state index contributed by atoms with van der Waals surface area (Å²) >= 11 is 5.28. The van der Waals surface area contributed by atoms with Crippen molar-refractivity contribution < 1.29 is 13.5 Å². The molecule has 6 heteroatoms. The van der Waals surface area contributed by atoms with Crippen molar-refractivity contribution in [3.63, 3.8) is 0 Å². The van der Waals surface area contributed by atoms with Crippen LogP contribution < -0.4 is 10.1 Å². The lowest BCUT2D eigenvalue weighted by molar-refractivity contribution is 0.283. The van der Waals surface area contributed by atoms with Gasteiger partial charge in [0.1, 0.15) is 24.0 Å². The molecule has 0 saturated heterocycles. The summed E-state index contributed by atoms with van der Waals surface area (Å²) in [6.45, 7) is 1.55. The van der Waals surface area contributed by atoms with E-state index in [1.807, 2.05) is 11.9 Å². The second-order valence-corrected chi connectivity index (χ2v) is 5.40. The molecule has 0 atom stereocenters. The van der Waals surface area contributed by atoms with Crippen molar-refractivity contribution in [3.8, 4) is 5.75 Å². The maximum absolute atomic E-state index is 12.8. The van der Waals surface area contributed by atoms with E-state index in [2.05, 4.69) is 5.32 Å². The van der Waals surface area contributed by atoms with Crippen molar-refractivity contribution in [1.29, 1.82) is 0 Å². The number of likely N-dealkylation sites (N-methyl/N-ethyl adjacent to an activating group) is 1. The number of nitrogens with one attached hydrogen (secondary N) is 1. The van der Waals surface area contributed by atoms with Gasteiger partial charge in [-0.25, -0.2) is 8.78 Å². The Kier molecular flexibility index (Phi) is 6.29. The van der Waals surface area contributed by atoms with Crippen molar-refractivity contribution in [2.45, 2.75) is 6.54 Å². The largest absolute Gasteiger partial charge is 0.492 e. The molecule has 0 aliphatic rings. The van der Waals surface area contributed by atoms with Crippen LogP contribution in [0.2, 0.25) is 0 Å². The van der Waals surface area contributed by atoms with Gasteiger partial charge in [0.15, 0.2) is 5.11 Å². The van der Waals surface area contributed by atoms with E-state index in [1.54, 1.807) is 24.3 Å². The van der Waals surface area contributed by atoms with E-state index in [0.717, 1.165) is 5.56 Å². The summed E-state index contributed by atoms with van der Waals surface area (Å²) in [7, 11) is 1.86. The highest BCUT2D eigenvalue weighted by atomic mass is 32.1. The summed E-state index contributed by atoms with van der Waals surface area (Å²) < 4.78 is 31.1. The predicted octanol–water partition coefficient (Wildman–Crippen LogP) is 3.35. The Morgan fingerprint density at radius 1 is 1.04 bits per heavy atom. The third kappa shape index (κ3) is 5.83. The Morgan fingerprint density at radius 3 is 2.22 bits per heavy atom. The van der Waals surface area contributed by atoms with Gasteiger partial charge in [0.25, 0.3) is 0 Å². The molecule has 0 radical (unpaired) electrons. The van der Waals surface area contributed by atoms with E-state index in [0.29, 0.717) is 30.6 Å². The number of hydrogen-bond donors (Lipinski definition) is 1. The summed E-state index contributed by atoms with van der Waals surface area (Å²) in [5.41, 5.74) is 0.949. The lowest BCUT2D eigenvalue weighted by Gasteiger charge is -2.21. The van der Waals surface area contributed by atoms with Gasteiger partial charge in [-0.15, -0.1) is 0 Å². The monoisotopic (exact) mass is 336 g/mol. The molecule has 3 nitrogen and oxygen atoms in total. The molecule has 0 heterocycles. The summed E-state index contributed by atoms with van der Waals surface area (Å²) in [4.78, 5) is 1.85. The topological polar surface area (TPSA) is 24.5 Å². The van der Waals surface area contributed by atoms with Gasteiger partial charge in [0.2, 0.25) is 0 Å². The first-order chi connectivity index (χ1) is 11.0. The van der Waals surface area contributed by atoms with E-state index in [9.17, 15) is 8.78 Å². The van der Waals surface area contributed by atoms with Crippen LogP contribution in [0, 0.1) is 11.6 Å². The molecule has 0 aromatic heterocycles. The van der Waals surface area contributed by atoms with Crippen LogP contribution in [-0.4, -0.2) is 30.2 Å². The average molecular weight is 336 g/mol. The standard InChI is InChI=1S/C17H18F2N2OS/c1-21(10-11-22-16-8-6-15(19)7-9-16)17(23)20-12-13-2-4-14(18)5-3-13/h2-9H,10-12H2,1H3,(H,20,23). The fraction of sp³-hybridized carbons (Fsp3) is 0.235. The summed E-state index contributed by atoms with van der Waals surface area (Å²) in [5, 5.41) is 3.68. The highest BCUT2D eigenvalue weighted by molar-refractivity contribution is 7.80. The first-order valence-electron chi connectivity index (χ1n) is 7.16. The number of rotatable bonds is 6. The van der Waals surface area contributed by atoms with Crippen molar-refractivity contribution in [3.05, 3.63) is 65.7 Å². The molecular weight excluding hydrogens is 318 g/mol. The number of nitrogens with zero attached hydrogens (tertiary/aromatic N) is 1. The Balaban J connectivity index is 1.70. The molecule has 0 amide bonds. The summed E-state index contributed by atoms with van der Waals surface area (Å²) in [6, 6.07) is 12.1. The van der Waals surface area contributed by atoms with E-state index in [4.69, 9.17) is 17.0 Å². The minimum absolute atomic E-state index is 0.258. The zero-order valence-corrected chi connectivity index (χ0v) is 13.6. The van der Waals surface area contributed by atoms with Gasteiger partial charge in [0, 0.05) is 13.6 Å². The lowest BCUT2D eigenvalue weighted by atomic mass is 10.2. The Morgan fingerprint density at radius 2 is 1.61 bits per heavy atom. The van der Waals surface area contributed by atoms with Gasteiger partial charge in [0.05, 0.1) is 6.54 Å². The molecule has 0 unspecified atom stereocenters. The highest BCUT2D eigenvalue weighted by Gasteiger charge is 2.04. The molecular formula is C17H18F2N2OS. The van der Waals surface area contributed by atoms with Crippen LogP contribution in [0.4, 0.5) is 8.78 Å². The highest BCUT2D eigenvalue weighted by Crippen LogP contribution is 2.10. The number of ether oxygens (including phenoxy) is 1. The number of halogens is 2. The Labute approximate surface area is 139 Å². The van der Waals surface area contributed by atoms with Crippen molar-refractivity contribution in [1.82, 2.24) is 10.2 Å². The van der Waals surface area contributed by atoms with Crippen molar-refractivity contribution in [2.75, 3.05) is 20.2 Å². The second-order valence-electron chi connectivity index (χ2n) is 5.01. The molecule has 0 bridgehead atoms. The van der Waals surface area contributed by atoms with Gasteiger partial charge in [-0.05, 0) is 54.2 Å². The molecule has 1 N–H and O–H groups in total. The fourth-order valence-corrected chi connectivity index (χ4v) is 2.01. The minimum atomic E-state index is -0.291. The third-order valence-electron chi connectivity index (χ3n) is 3.21. The molecule has 122 valence electrons. The van der Waals surface area contributed by atoms with Crippen LogP contribution in [0.1, 0.15) is 5.56 Å². The summed E-state index contributed by atoms with van der Waals surface area (Å²) in [6.07, 6.45) is 0.